The van der Waals surface area contributed by atoms with Crippen molar-refractivity contribution >= 4 is 29.4 Å². The molecule has 9 nitrogen and oxygen atoms in total. The Balaban J connectivity index is 1.49. The molecule has 1 heterocycles. The molecule has 1 atom stereocenters. The molecular weight excluding hydrogens is 409 g/mol. The van der Waals surface area contributed by atoms with Crippen LogP contribution in [0.4, 0.5) is 10.1 Å². The molecule has 2 aromatic rings. The number of hydrazine groups is 1. The van der Waals surface area contributed by atoms with Gasteiger partial charge < -0.3 is 14.8 Å². The standard InChI is InChI=1S/C21H20FN3O6/c1-30-17-5-3-2-4-16(17)20(28)24-25-11-13(10-19(25)27)21(29)31-12-18(26)23-15-8-6-14(22)7-9-15/h2-9,13H,10-12H2,1H3,(H,23,26)(H,24,28)/t13-/m0/s1. The number of carbonyl (C=O) groups is 4. The fourth-order valence-electron chi connectivity index (χ4n) is 2.97. The SMILES string of the molecule is COc1ccccc1C(=O)NN1C[C@@H](C(=O)OCC(=O)Nc2ccc(F)cc2)CC1=O. The van der Waals surface area contributed by atoms with Gasteiger partial charge in [0.25, 0.3) is 11.8 Å². The van der Waals surface area contributed by atoms with E-state index >= 15 is 0 Å². The van der Waals surface area contributed by atoms with E-state index in [4.69, 9.17) is 9.47 Å². The summed E-state index contributed by atoms with van der Waals surface area (Å²) in [6.07, 6.45) is -0.162. The Morgan fingerprint density at radius 2 is 1.84 bits per heavy atom. The van der Waals surface area contributed by atoms with E-state index in [1.807, 2.05) is 0 Å². The summed E-state index contributed by atoms with van der Waals surface area (Å²) in [5, 5.41) is 3.50. The number of anilines is 1. The summed E-state index contributed by atoms with van der Waals surface area (Å²) in [7, 11) is 1.42. The van der Waals surface area contributed by atoms with Crippen LogP contribution in [0.3, 0.4) is 0 Å². The predicted octanol–water partition coefficient (Wildman–Crippen LogP) is 1.51. The third-order valence-electron chi connectivity index (χ3n) is 4.52. The smallest absolute Gasteiger partial charge is 0.311 e. The number of rotatable bonds is 7. The van der Waals surface area contributed by atoms with Crippen LogP contribution in [-0.2, 0) is 19.1 Å². The predicted molar refractivity (Wildman–Crippen MR) is 106 cm³/mol. The van der Waals surface area contributed by atoms with Gasteiger partial charge in [0.15, 0.2) is 6.61 Å². The molecular formula is C21H20FN3O6. The Hall–Kier alpha value is -3.95. The van der Waals surface area contributed by atoms with Crippen molar-refractivity contribution in [2.75, 3.05) is 25.6 Å². The van der Waals surface area contributed by atoms with E-state index in [1.165, 1.54) is 31.4 Å². The number of hydrogen-bond acceptors (Lipinski definition) is 6. The van der Waals surface area contributed by atoms with Gasteiger partial charge in [-0.3, -0.25) is 29.6 Å². The molecule has 0 unspecified atom stereocenters. The van der Waals surface area contributed by atoms with Crippen LogP contribution >= 0.6 is 0 Å². The quantitative estimate of drug-likeness (QED) is 0.645. The number of methoxy groups -OCH3 is 1. The van der Waals surface area contributed by atoms with Gasteiger partial charge in [-0.15, -0.1) is 0 Å². The average Bonchev–Trinajstić information content (AvgIpc) is 3.13. The number of halogens is 1. The van der Waals surface area contributed by atoms with Crippen LogP contribution in [0, 0.1) is 11.7 Å². The number of nitrogens with one attached hydrogen (secondary N) is 2. The van der Waals surface area contributed by atoms with E-state index < -0.39 is 42.0 Å². The van der Waals surface area contributed by atoms with Gasteiger partial charge in [-0.25, -0.2) is 4.39 Å². The summed E-state index contributed by atoms with van der Waals surface area (Å²) in [6.45, 7) is -0.646. The van der Waals surface area contributed by atoms with E-state index in [2.05, 4.69) is 10.7 Å². The van der Waals surface area contributed by atoms with Crippen molar-refractivity contribution in [3.63, 3.8) is 0 Å². The summed E-state index contributed by atoms with van der Waals surface area (Å²) in [5.41, 5.74) is 3.04. The molecule has 31 heavy (non-hydrogen) atoms. The molecule has 1 fully saturated rings. The maximum absolute atomic E-state index is 12.9. The molecule has 0 aliphatic carbocycles. The molecule has 0 saturated carbocycles. The highest BCUT2D eigenvalue weighted by Gasteiger charge is 2.37. The van der Waals surface area contributed by atoms with Crippen molar-refractivity contribution in [1.82, 2.24) is 10.4 Å². The van der Waals surface area contributed by atoms with Gasteiger partial charge in [-0.05, 0) is 36.4 Å². The third-order valence-corrected chi connectivity index (χ3v) is 4.52. The highest BCUT2D eigenvalue weighted by molar-refractivity contribution is 5.98. The first-order valence-electron chi connectivity index (χ1n) is 9.34. The third kappa shape index (κ3) is 5.56. The molecule has 0 aromatic heterocycles. The molecule has 1 aliphatic heterocycles. The number of nitrogens with zero attached hydrogens (tertiary/aromatic N) is 1. The molecule has 0 bridgehead atoms. The maximum atomic E-state index is 12.9. The Morgan fingerprint density at radius 1 is 1.13 bits per heavy atom. The zero-order valence-corrected chi connectivity index (χ0v) is 16.6. The summed E-state index contributed by atoms with van der Waals surface area (Å²) in [5.74, 6) is -3.29. The zero-order valence-electron chi connectivity index (χ0n) is 16.6. The van der Waals surface area contributed by atoms with Crippen molar-refractivity contribution in [2.45, 2.75) is 6.42 Å². The summed E-state index contributed by atoms with van der Waals surface area (Å²) in [6, 6.07) is 11.6. The Kier molecular flexibility index (Phi) is 6.81. The maximum Gasteiger partial charge on any atom is 0.311 e. The normalized spacial score (nSPS) is 15.4. The molecule has 0 spiro atoms. The van der Waals surface area contributed by atoms with Crippen molar-refractivity contribution < 1.29 is 33.0 Å². The van der Waals surface area contributed by atoms with E-state index in [1.54, 1.807) is 24.3 Å². The molecule has 162 valence electrons. The summed E-state index contributed by atoms with van der Waals surface area (Å²) >= 11 is 0. The Bertz CT molecular complexity index is 995. The minimum absolute atomic E-state index is 0.0852. The van der Waals surface area contributed by atoms with Gasteiger partial charge in [0.1, 0.15) is 11.6 Å². The second-order valence-corrected chi connectivity index (χ2v) is 6.71. The summed E-state index contributed by atoms with van der Waals surface area (Å²) < 4.78 is 23.0. The second-order valence-electron chi connectivity index (χ2n) is 6.71. The fraction of sp³-hybridized carbons (Fsp3) is 0.238. The van der Waals surface area contributed by atoms with Crippen LogP contribution in [0.25, 0.3) is 0 Å². The topological polar surface area (TPSA) is 114 Å². The Morgan fingerprint density at radius 3 is 2.55 bits per heavy atom. The number of amides is 3. The highest BCUT2D eigenvalue weighted by Crippen LogP contribution is 2.20. The molecule has 2 N–H and O–H groups in total. The van der Waals surface area contributed by atoms with Gasteiger partial charge in [-0.2, -0.15) is 0 Å². The van der Waals surface area contributed by atoms with Gasteiger partial charge in [0.05, 0.1) is 25.1 Å². The van der Waals surface area contributed by atoms with E-state index in [0.717, 1.165) is 5.01 Å². The molecule has 1 saturated heterocycles. The van der Waals surface area contributed by atoms with Crippen LogP contribution in [-0.4, -0.2) is 49.0 Å². The monoisotopic (exact) mass is 429 g/mol. The van der Waals surface area contributed by atoms with E-state index in [-0.39, 0.29) is 18.5 Å². The van der Waals surface area contributed by atoms with Crippen molar-refractivity contribution in [3.05, 3.63) is 59.9 Å². The second kappa shape index (κ2) is 9.70. The van der Waals surface area contributed by atoms with E-state index in [9.17, 15) is 23.6 Å². The molecule has 3 rings (SSSR count). The lowest BCUT2D eigenvalue weighted by Crippen LogP contribution is -2.43. The molecule has 1 aliphatic rings. The van der Waals surface area contributed by atoms with Gasteiger partial charge in [0, 0.05) is 12.1 Å². The van der Waals surface area contributed by atoms with Crippen LogP contribution < -0.4 is 15.5 Å². The largest absolute Gasteiger partial charge is 0.496 e. The number of esters is 1. The van der Waals surface area contributed by atoms with Gasteiger partial charge >= 0.3 is 5.97 Å². The van der Waals surface area contributed by atoms with Crippen LogP contribution in [0.1, 0.15) is 16.8 Å². The first-order chi connectivity index (χ1) is 14.9. The van der Waals surface area contributed by atoms with Gasteiger partial charge in [-0.1, -0.05) is 12.1 Å². The van der Waals surface area contributed by atoms with Crippen molar-refractivity contribution in [3.8, 4) is 5.75 Å². The zero-order chi connectivity index (χ0) is 22.4. The lowest BCUT2D eigenvalue weighted by molar-refractivity contribution is -0.151. The number of para-hydroxylation sites is 1. The lowest BCUT2D eigenvalue weighted by Gasteiger charge is -2.18. The number of benzene rings is 2. The van der Waals surface area contributed by atoms with Crippen LogP contribution in [0.5, 0.6) is 5.75 Å². The molecule has 0 radical (unpaired) electrons. The Labute approximate surface area is 177 Å². The van der Waals surface area contributed by atoms with Crippen LogP contribution in [0.2, 0.25) is 0 Å². The fourth-order valence-corrected chi connectivity index (χ4v) is 2.97. The minimum atomic E-state index is -0.830. The molecule has 3 amide bonds. The average molecular weight is 429 g/mol. The summed E-state index contributed by atoms with van der Waals surface area (Å²) in [4.78, 5) is 48.7. The lowest BCUT2D eigenvalue weighted by atomic mass is 10.1. The van der Waals surface area contributed by atoms with Crippen LogP contribution in [0.15, 0.2) is 48.5 Å². The van der Waals surface area contributed by atoms with Crippen molar-refractivity contribution in [2.24, 2.45) is 5.92 Å². The molecule has 2 aromatic carbocycles. The van der Waals surface area contributed by atoms with Gasteiger partial charge in [0.2, 0.25) is 5.91 Å². The number of ether oxygens (including phenoxy) is 2. The first kappa shape index (κ1) is 21.8. The highest BCUT2D eigenvalue weighted by atomic mass is 19.1. The number of carbonyl (C=O) groups excluding carboxylic acids is 4. The minimum Gasteiger partial charge on any atom is -0.496 e. The first-order valence-corrected chi connectivity index (χ1v) is 9.34. The van der Waals surface area contributed by atoms with E-state index in [0.29, 0.717) is 11.4 Å². The van der Waals surface area contributed by atoms with Crippen molar-refractivity contribution in [1.29, 1.82) is 0 Å². The number of hydrogen-bond donors (Lipinski definition) is 2. The molecule has 10 heteroatoms.